The number of ether oxygens (including phenoxy) is 2. The predicted molar refractivity (Wildman–Crippen MR) is 172 cm³/mol. The molecule has 0 saturated carbocycles. The summed E-state index contributed by atoms with van der Waals surface area (Å²) in [6, 6.07) is 11.6. The van der Waals surface area contributed by atoms with Crippen molar-refractivity contribution < 1.29 is 19.7 Å². The van der Waals surface area contributed by atoms with E-state index in [2.05, 4.69) is 41.5 Å². The Labute approximate surface area is 250 Å². The van der Waals surface area contributed by atoms with Gasteiger partial charge in [-0.3, -0.25) is 0 Å². The summed E-state index contributed by atoms with van der Waals surface area (Å²) in [6.07, 6.45) is 0. The number of aromatic hydroxyl groups is 2. The van der Waals surface area contributed by atoms with Gasteiger partial charge in [-0.05, 0) is 120 Å². The van der Waals surface area contributed by atoms with Crippen LogP contribution < -0.4 is 0 Å². The van der Waals surface area contributed by atoms with Crippen LogP contribution in [0.4, 0.5) is 0 Å². The van der Waals surface area contributed by atoms with Crippen LogP contribution in [0, 0.1) is 27.7 Å². The highest BCUT2D eigenvalue weighted by atomic mass is 32.1. The molecule has 0 spiro atoms. The molecule has 3 rings (SSSR count). The van der Waals surface area contributed by atoms with Crippen molar-refractivity contribution in [3.8, 4) is 11.5 Å². The fraction of sp³-hybridized carbons (Fsp3) is 0.412. The van der Waals surface area contributed by atoms with E-state index in [0.29, 0.717) is 32.7 Å². The lowest BCUT2D eigenvalue weighted by atomic mass is 9.83. The Bertz CT molecular complexity index is 1350. The normalized spacial score (nSPS) is 11.8. The summed E-state index contributed by atoms with van der Waals surface area (Å²) in [5.74, 6) is 0.592. The molecule has 0 atom stereocenters. The number of phenols is 2. The molecular formula is C34H42O4S2. The van der Waals surface area contributed by atoms with Gasteiger partial charge in [-0.15, -0.1) is 0 Å². The number of benzene rings is 3. The van der Waals surface area contributed by atoms with E-state index < -0.39 is 0 Å². The Balaban J connectivity index is 1.80. The van der Waals surface area contributed by atoms with Gasteiger partial charge in [0.05, 0.1) is 0 Å². The van der Waals surface area contributed by atoms with Crippen LogP contribution in [-0.2, 0) is 33.5 Å². The average Bonchev–Trinajstić information content (AvgIpc) is 2.86. The Hall–Kier alpha value is -2.96. The molecule has 0 unspecified atom stereocenters. The van der Waals surface area contributed by atoms with Gasteiger partial charge in [0.1, 0.15) is 24.7 Å². The number of aryl methyl sites for hydroxylation is 2. The van der Waals surface area contributed by atoms with Gasteiger partial charge in [0.15, 0.2) is 10.1 Å². The van der Waals surface area contributed by atoms with Crippen LogP contribution in [0.1, 0.15) is 97.2 Å². The average molecular weight is 579 g/mol. The Morgan fingerprint density at radius 3 is 1.27 bits per heavy atom. The minimum atomic E-state index is -0.173. The number of thiocarbonyl (C=S) groups is 2. The summed E-state index contributed by atoms with van der Waals surface area (Å²) < 4.78 is 12.2. The van der Waals surface area contributed by atoms with Crippen molar-refractivity contribution in [1.29, 1.82) is 0 Å². The molecule has 3 aromatic carbocycles. The maximum atomic E-state index is 10.9. The Morgan fingerprint density at radius 1 is 0.650 bits per heavy atom. The number of rotatable bonds is 6. The third kappa shape index (κ3) is 6.67. The lowest BCUT2D eigenvalue weighted by molar-refractivity contribution is 0.295. The lowest BCUT2D eigenvalue weighted by Crippen LogP contribution is -2.16. The van der Waals surface area contributed by atoms with Crippen LogP contribution in [0.25, 0.3) is 0 Å². The molecule has 2 N–H and O–H groups in total. The third-order valence-electron chi connectivity index (χ3n) is 7.48. The van der Waals surface area contributed by atoms with Crippen molar-refractivity contribution in [2.45, 2.75) is 93.3 Å². The maximum Gasteiger partial charge on any atom is 0.192 e. The van der Waals surface area contributed by atoms with Crippen LogP contribution in [-0.4, -0.2) is 20.3 Å². The van der Waals surface area contributed by atoms with E-state index in [1.807, 2.05) is 64.1 Å². The van der Waals surface area contributed by atoms with Crippen molar-refractivity contribution in [3.63, 3.8) is 0 Å². The number of hydrogen-bond donors (Lipinski definition) is 2. The minimum Gasteiger partial charge on any atom is -0.507 e. The standard InChI is InChI=1S/C34H42O4S2/c1-19-15-27(33(5,6)7)29(35)21(3)25(19)17-37-31(39)23-13-11-12-14-24(23)32(40)38-18-26-20(2)16-28(34(8,9)10)30(36)22(26)4/h11-16,35-36H,17-18H2,1-10H3. The van der Waals surface area contributed by atoms with E-state index in [1.54, 1.807) is 0 Å². The molecule has 0 aliphatic carbocycles. The van der Waals surface area contributed by atoms with Gasteiger partial charge in [-0.25, -0.2) is 0 Å². The lowest BCUT2D eigenvalue weighted by Gasteiger charge is -2.25. The van der Waals surface area contributed by atoms with Gasteiger partial charge in [-0.1, -0.05) is 65.8 Å². The van der Waals surface area contributed by atoms with Crippen molar-refractivity contribution in [1.82, 2.24) is 0 Å². The first-order valence-electron chi connectivity index (χ1n) is 13.5. The molecule has 0 amide bonds. The molecule has 0 aliphatic heterocycles. The summed E-state index contributed by atoms with van der Waals surface area (Å²) in [6.45, 7) is 20.8. The first kappa shape index (κ1) is 31.6. The van der Waals surface area contributed by atoms with Crippen molar-refractivity contribution in [2.24, 2.45) is 0 Å². The molecule has 3 aromatic rings. The quantitative estimate of drug-likeness (QED) is 0.285. The van der Waals surface area contributed by atoms with Gasteiger partial charge in [0.2, 0.25) is 0 Å². The molecular weight excluding hydrogens is 537 g/mol. The van der Waals surface area contributed by atoms with Gasteiger partial charge < -0.3 is 19.7 Å². The zero-order valence-corrected chi connectivity index (χ0v) is 27.0. The van der Waals surface area contributed by atoms with E-state index in [4.69, 9.17) is 33.9 Å². The molecule has 0 aliphatic rings. The monoisotopic (exact) mass is 578 g/mol. The highest BCUT2D eigenvalue weighted by Gasteiger charge is 2.24. The highest BCUT2D eigenvalue weighted by Crippen LogP contribution is 2.38. The first-order chi connectivity index (χ1) is 18.4. The minimum absolute atomic E-state index is 0.173. The third-order valence-corrected chi connectivity index (χ3v) is 8.15. The van der Waals surface area contributed by atoms with Gasteiger partial charge >= 0.3 is 0 Å². The molecule has 0 radical (unpaired) electrons. The van der Waals surface area contributed by atoms with Crippen LogP contribution in [0.3, 0.4) is 0 Å². The van der Waals surface area contributed by atoms with E-state index in [-0.39, 0.29) is 24.0 Å². The predicted octanol–water partition coefficient (Wildman–Crippen LogP) is 8.71. The first-order valence-corrected chi connectivity index (χ1v) is 14.3. The summed E-state index contributed by atoms with van der Waals surface area (Å²) in [7, 11) is 0. The summed E-state index contributed by atoms with van der Waals surface area (Å²) in [5.41, 5.74) is 8.33. The smallest absolute Gasteiger partial charge is 0.192 e. The van der Waals surface area contributed by atoms with Crippen LogP contribution in [0.2, 0.25) is 0 Å². The second kappa shape index (κ2) is 11.9. The van der Waals surface area contributed by atoms with Crippen LogP contribution >= 0.6 is 24.4 Å². The Kier molecular flexibility index (Phi) is 9.37. The van der Waals surface area contributed by atoms with Gasteiger partial charge in [0, 0.05) is 11.1 Å². The molecule has 214 valence electrons. The van der Waals surface area contributed by atoms with Gasteiger partial charge in [-0.2, -0.15) is 0 Å². The summed E-state index contributed by atoms with van der Waals surface area (Å²) >= 11 is 11.4. The molecule has 40 heavy (non-hydrogen) atoms. The second-order valence-corrected chi connectivity index (χ2v) is 13.3. The Morgan fingerprint density at radius 2 is 0.975 bits per heavy atom. The largest absolute Gasteiger partial charge is 0.507 e. The highest BCUT2D eigenvalue weighted by molar-refractivity contribution is 7.81. The molecule has 6 heteroatoms. The van der Waals surface area contributed by atoms with Gasteiger partial charge in [0.25, 0.3) is 0 Å². The SMILES string of the molecule is Cc1cc(C(C)(C)C)c(O)c(C)c1COC(=S)c1ccccc1C(=S)OCc1c(C)cc(C(C)(C)C)c(O)c1C. The van der Waals surface area contributed by atoms with Crippen molar-refractivity contribution in [3.05, 3.63) is 92.0 Å². The van der Waals surface area contributed by atoms with Crippen LogP contribution in [0.5, 0.6) is 11.5 Å². The zero-order chi connectivity index (χ0) is 30.2. The van der Waals surface area contributed by atoms with E-state index >= 15 is 0 Å². The van der Waals surface area contributed by atoms with E-state index in [1.165, 1.54) is 0 Å². The second-order valence-electron chi connectivity index (χ2n) is 12.6. The van der Waals surface area contributed by atoms with E-state index in [0.717, 1.165) is 44.5 Å². The van der Waals surface area contributed by atoms with E-state index in [9.17, 15) is 10.2 Å². The molecule has 0 aromatic heterocycles. The van der Waals surface area contributed by atoms with Crippen molar-refractivity contribution in [2.75, 3.05) is 0 Å². The fourth-order valence-corrected chi connectivity index (χ4v) is 5.36. The fourth-order valence-electron chi connectivity index (χ4n) is 4.88. The summed E-state index contributed by atoms with van der Waals surface area (Å²) in [4.78, 5) is 0. The maximum absolute atomic E-state index is 10.9. The molecule has 0 fully saturated rings. The summed E-state index contributed by atoms with van der Waals surface area (Å²) in [5, 5.41) is 22.3. The van der Waals surface area contributed by atoms with Crippen LogP contribution in [0.15, 0.2) is 36.4 Å². The molecule has 4 nitrogen and oxygen atoms in total. The molecule has 0 bridgehead atoms. The topological polar surface area (TPSA) is 58.9 Å². The molecule has 0 saturated heterocycles. The molecule has 0 heterocycles. The number of hydrogen-bond acceptors (Lipinski definition) is 6. The van der Waals surface area contributed by atoms with Crippen molar-refractivity contribution >= 4 is 34.5 Å². The zero-order valence-electron chi connectivity index (χ0n) is 25.4. The number of phenolic OH excluding ortho intramolecular Hbond substituents is 2.